The minimum Gasteiger partial charge on any atom is -0.355 e. The highest BCUT2D eigenvalue weighted by atomic mass is 32.2. The Kier molecular flexibility index (Phi) is 3.94. The maximum absolute atomic E-state index is 5.78. The average Bonchev–Trinajstić information content (AvgIpc) is 2.50. The highest BCUT2D eigenvalue weighted by molar-refractivity contribution is 8.00. The molecule has 2 heterocycles. The van der Waals surface area contributed by atoms with E-state index in [0.29, 0.717) is 11.3 Å². The van der Waals surface area contributed by atoms with Crippen molar-refractivity contribution < 1.29 is 0 Å². The molecule has 0 aliphatic carbocycles. The predicted molar refractivity (Wildman–Crippen MR) is 75.5 cm³/mol. The number of pyridine rings is 1. The van der Waals surface area contributed by atoms with Crippen molar-refractivity contribution >= 4 is 17.6 Å². The van der Waals surface area contributed by atoms with Gasteiger partial charge in [-0.25, -0.2) is 4.98 Å². The summed E-state index contributed by atoms with van der Waals surface area (Å²) in [6.45, 7) is 7.35. The second-order valence-electron chi connectivity index (χ2n) is 5.04. The lowest BCUT2D eigenvalue weighted by molar-refractivity contribution is 0.634. The summed E-state index contributed by atoms with van der Waals surface area (Å²) in [6.07, 6.45) is 3.05. The summed E-state index contributed by atoms with van der Waals surface area (Å²) < 4.78 is 0.381. The van der Waals surface area contributed by atoms with Gasteiger partial charge in [-0.05, 0) is 12.5 Å². The molecule has 0 spiro atoms. The molecule has 1 aromatic rings. The maximum atomic E-state index is 5.78. The van der Waals surface area contributed by atoms with Gasteiger partial charge in [-0.2, -0.15) is 11.8 Å². The third-order valence-corrected chi connectivity index (χ3v) is 4.60. The van der Waals surface area contributed by atoms with Crippen LogP contribution in [0.3, 0.4) is 0 Å². The van der Waals surface area contributed by atoms with Crippen LogP contribution in [-0.4, -0.2) is 28.6 Å². The van der Waals surface area contributed by atoms with Crippen molar-refractivity contribution in [3.8, 4) is 0 Å². The first-order valence-corrected chi connectivity index (χ1v) is 7.14. The standard InChI is InChI=1S/C13H21N3S/c1-13(2)5-7-16(8-9-17-13)12-11(10-14)4-3-6-15-12/h3-4,6H,5,7-10,14H2,1-2H3. The van der Waals surface area contributed by atoms with Crippen molar-refractivity contribution in [3.05, 3.63) is 23.9 Å². The number of aromatic nitrogens is 1. The maximum Gasteiger partial charge on any atom is 0.133 e. The highest BCUT2D eigenvalue weighted by Gasteiger charge is 2.24. The molecule has 0 unspecified atom stereocenters. The smallest absolute Gasteiger partial charge is 0.133 e. The number of nitrogens with two attached hydrogens (primary N) is 1. The first-order chi connectivity index (χ1) is 8.12. The Hall–Kier alpha value is -0.740. The van der Waals surface area contributed by atoms with E-state index in [1.807, 2.05) is 12.3 Å². The van der Waals surface area contributed by atoms with E-state index in [9.17, 15) is 0 Å². The van der Waals surface area contributed by atoms with Crippen LogP contribution in [0.15, 0.2) is 18.3 Å². The molecule has 1 aliphatic heterocycles. The zero-order chi connectivity index (χ0) is 12.3. The van der Waals surface area contributed by atoms with Crippen LogP contribution in [0.2, 0.25) is 0 Å². The Labute approximate surface area is 108 Å². The van der Waals surface area contributed by atoms with E-state index < -0.39 is 0 Å². The van der Waals surface area contributed by atoms with Crippen molar-refractivity contribution in [2.45, 2.75) is 31.6 Å². The fourth-order valence-electron chi connectivity index (χ4n) is 2.11. The lowest BCUT2D eigenvalue weighted by atomic mass is 10.1. The Bertz CT molecular complexity index is 379. The second kappa shape index (κ2) is 5.27. The summed E-state index contributed by atoms with van der Waals surface area (Å²) in [4.78, 5) is 6.88. The summed E-state index contributed by atoms with van der Waals surface area (Å²) >= 11 is 2.05. The summed E-state index contributed by atoms with van der Waals surface area (Å²) in [5.74, 6) is 2.24. The van der Waals surface area contributed by atoms with Crippen LogP contribution in [0.5, 0.6) is 0 Å². The number of hydrogen-bond acceptors (Lipinski definition) is 4. The van der Waals surface area contributed by atoms with Crippen LogP contribution in [0.25, 0.3) is 0 Å². The number of rotatable bonds is 2. The summed E-state index contributed by atoms with van der Waals surface area (Å²) in [5, 5.41) is 0. The number of hydrogen-bond donors (Lipinski definition) is 1. The van der Waals surface area contributed by atoms with Gasteiger partial charge in [0.05, 0.1) is 0 Å². The van der Waals surface area contributed by atoms with E-state index in [-0.39, 0.29) is 0 Å². The van der Waals surface area contributed by atoms with Crippen LogP contribution in [-0.2, 0) is 6.54 Å². The van der Waals surface area contributed by atoms with Gasteiger partial charge in [0.2, 0.25) is 0 Å². The molecule has 94 valence electrons. The van der Waals surface area contributed by atoms with Crippen molar-refractivity contribution in [1.29, 1.82) is 0 Å². The van der Waals surface area contributed by atoms with E-state index in [0.717, 1.165) is 30.2 Å². The lowest BCUT2D eigenvalue weighted by Gasteiger charge is -2.24. The van der Waals surface area contributed by atoms with Gasteiger partial charge in [0.1, 0.15) is 5.82 Å². The molecule has 0 saturated carbocycles. The minimum absolute atomic E-state index is 0.381. The highest BCUT2D eigenvalue weighted by Crippen LogP contribution is 2.32. The van der Waals surface area contributed by atoms with Crippen LogP contribution < -0.4 is 10.6 Å². The van der Waals surface area contributed by atoms with Gasteiger partial charge in [-0.3, -0.25) is 0 Å². The van der Waals surface area contributed by atoms with Gasteiger partial charge in [-0.15, -0.1) is 0 Å². The molecule has 4 heteroatoms. The largest absolute Gasteiger partial charge is 0.355 e. The zero-order valence-corrected chi connectivity index (χ0v) is 11.5. The summed E-state index contributed by atoms with van der Waals surface area (Å²) in [5.41, 5.74) is 6.93. The molecule has 0 atom stereocenters. The normalized spacial score (nSPS) is 20.1. The molecule has 2 N–H and O–H groups in total. The fraction of sp³-hybridized carbons (Fsp3) is 0.615. The van der Waals surface area contributed by atoms with Gasteiger partial charge >= 0.3 is 0 Å². The molecular weight excluding hydrogens is 230 g/mol. The van der Waals surface area contributed by atoms with Crippen LogP contribution in [0.1, 0.15) is 25.8 Å². The predicted octanol–water partition coefficient (Wildman–Crippen LogP) is 2.26. The van der Waals surface area contributed by atoms with Crippen molar-refractivity contribution in [3.63, 3.8) is 0 Å². The molecular formula is C13H21N3S. The Balaban J connectivity index is 2.17. The molecule has 2 rings (SSSR count). The Morgan fingerprint density at radius 2 is 2.29 bits per heavy atom. The Morgan fingerprint density at radius 1 is 1.47 bits per heavy atom. The lowest BCUT2D eigenvalue weighted by Crippen LogP contribution is -2.29. The quantitative estimate of drug-likeness (QED) is 0.875. The van der Waals surface area contributed by atoms with Gasteiger partial charge in [0, 0.05) is 41.9 Å². The van der Waals surface area contributed by atoms with Gasteiger partial charge in [0.25, 0.3) is 0 Å². The Morgan fingerprint density at radius 3 is 3.06 bits per heavy atom. The monoisotopic (exact) mass is 251 g/mol. The molecule has 0 bridgehead atoms. The van der Waals surface area contributed by atoms with E-state index >= 15 is 0 Å². The number of thioether (sulfide) groups is 1. The molecule has 0 aromatic carbocycles. The van der Waals surface area contributed by atoms with Gasteiger partial charge < -0.3 is 10.6 Å². The first-order valence-electron chi connectivity index (χ1n) is 6.15. The molecule has 1 aliphatic rings. The number of anilines is 1. The van der Waals surface area contributed by atoms with Crippen LogP contribution >= 0.6 is 11.8 Å². The molecule has 0 radical (unpaired) electrons. The summed E-state index contributed by atoms with van der Waals surface area (Å²) in [7, 11) is 0. The zero-order valence-electron chi connectivity index (χ0n) is 10.6. The van der Waals surface area contributed by atoms with E-state index in [1.165, 1.54) is 6.42 Å². The third-order valence-electron chi connectivity index (χ3n) is 3.22. The molecule has 3 nitrogen and oxygen atoms in total. The SMILES string of the molecule is CC1(C)CCN(c2ncccc2CN)CCS1. The van der Waals surface area contributed by atoms with Crippen LogP contribution in [0.4, 0.5) is 5.82 Å². The number of nitrogens with zero attached hydrogens (tertiary/aromatic N) is 2. The van der Waals surface area contributed by atoms with Crippen LogP contribution in [0, 0.1) is 0 Å². The summed E-state index contributed by atoms with van der Waals surface area (Å²) in [6, 6.07) is 4.04. The fourth-order valence-corrected chi connectivity index (χ4v) is 3.21. The van der Waals surface area contributed by atoms with E-state index in [1.54, 1.807) is 0 Å². The van der Waals surface area contributed by atoms with Gasteiger partial charge in [-0.1, -0.05) is 19.9 Å². The molecule has 1 aromatic heterocycles. The average molecular weight is 251 g/mol. The molecule has 0 amide bonds. The van der Waals surface area contributed by atoms with Crippen molar-refractivity contribution in [1.82, 2.24) is 4.98 Å². The van der Waals surface area contributed by atoms with Crippen molar-refractivity contribution in [2.75, 3.05) is 23.7 Å². The van der Waals surface area contributed by atoms with E-state index in [2.05, 4.69) is 41.6 Å². The molecule has 1 saturated heterocycles. The third kappa shape index (κ3) is 3.13. The topological polar surface area (TPSA) is 42.2 Å². The molecule has 17 heavy (non-hydrogen) atoms. The first kappa shape index (κ1) is 12.7. The second-order valence-corrected chi connectivity index (χ2v) is 6.84. The van der Waals surface area contributed by atoms with E-state index in [4.69, 9.17) is 5.73 Å². The van der Waals surface area contributed by atoms with Gasteiger partial charge in [0.15, 0.2) is 0 Å². The minimum atomic E-state index is 0.381. The van der Waals surface area contributed by atoms with Crippen molar-refractivity contribution in [2.24, 2.45) is 5.73 Å². The molecule has 1 fully saturated rings.